The number of nitrogens with zero attached hydrogens (tertiary/aromatic N) is 1. The third-order valence-corrected chi connectivity index (χ3v) is 7.77. The van der Waals surface area contributed by atoms with Gasteiger partial charge in [-0.2, -0.15) is 0 Å². The average Bonchev–Trinajstić information content (AvgIpc) is 3.75. The first-order chi connectivity index (χ1) is 18.4. The van der Waals surface area contributed by atoms with Crippen molar-refractivity contribution in [1.82, 2.24) is 0 Å². The lowest BCUT2D eigenvalue weighted by atomic mass is 9.78. The predicted octanol–water partition coefficient (Wildman–Crippen LogP) is 7.09. The van der Waals surface area contributed by atoms with E-state index in [1.807, 2.05) is 67.3 Å². The number of Topliss-reactive ketones (excluding diaryl/α,β-unsaturated/α-hetero) is 1. The number of fused-ring (bicyclic) bond motifs is 1. The van der Waals surface area contributed by atoms with Crippen LogP contribution in [0.3, 0.4) is 0 Å². The van der Waals surface area contributed by atoms with Gasteiger partial charge in [-0.1, -0.05) is 54.1 Å². The Morgan fingerprint density at radius 1 is 0.921 bits per heavy atom. The van der Waals surface area contributed by atoms with Crippen LogP contribution in [0.25, 0.3) is 0 Å². The van der Waals surface area contributed by atoms with Crippen molar-refractivity contribution in [3.8, 4) is 5.75 Å². The van der Waals surface area contributed by atoms with Gasteiger partial charge in [-0.05, 0) is 81.3 Å². The molecule has 3 aromatic rings. The van der Waals surface area contributed by atoms with Crippen LogP contribution >= 0.6 is 0 Å². The quantitative estimate of drug-likeness (QED) is 0.401. The minimum Gasteiger partial charge on any atom is -0.491 e. The monoisotopic (exact) mass is 506 g/mol. The molecule has 0 radical (unpaired) electrons. The van der Waals surface area contributed by atoms with Crippen LogP contribution in [0.4, 0.5) is 11.4 Å². The summed E-state index contributed by atoms with van der Waals surface area (Å²) in [6.07, 6.45) is 3.00. The molecule has 5 nitrogen and oxygen atoms in total. The molecule has 5 heteroatoms. The predicted molar refractivity (Wildman–Crippen MR) is 150 cm³/mol. The molecule has 0 saturated heterocycles. The maximum atomic E-state index is 14.1. The molecule has 0 spiro atoms. The third kappa shape index (κ3) is 4.62. The number of para-hydroxylation sites is 2. The fourth-order valence-electron chi connectivity index (χ4n) is 5.75. The Morgan fingerprint density at radius 3 is 2.29 bits per heavy atom. The Hall–Kier alpha value is -3.86. The first-order valence-electron chi connectivity index (χ1n) is 13.7. The van der Waals surface area contributed by atoms with Crippen LogP contribution in [0.15, 0.2) is 84.1 Å². The number of rotatable bonds is 5. The van der Waals surface area contributed by atoms with Crippen LogP contribution < -0.4 is 15.0 Å². The second kappa shape index (κ2) is 9.79. The van der Waals surface area contributed by atoms with Crippen molar-refractivity contribution in [2.24, 2.45) is 5.92 Å². The molecule has 0 bridgehead atoms. The fourth-order valence-corrected chi connectivity index (χ4v) is 5.75. The Morgan fingerprint density at radius 2 is 1.61 bits per heavy atom. The number of nitrogens with one attached hydrogen (secondary N) is 1. The van der Waals surface area contributed by atoms with Gasteiger partial charge in [-0.3, -0.25) is 14.5 Å². The number of carbonyl (C=O) groups is 2. The van der Waals surface area contributed by atoms with E-state index >= 15 is 0 Å². The van der Waals surface area contributed by atoms with Gasteiger partial charge in [-0.15, -0.1) is 0 Å². The molecule has 3 aromatic carbocycles. The molecule has 6 rings (SSSR count). The molecule has 1 heterocycles. The van der Waals surface area contributed by atoms with E-state index in [0.717, 1.165) is 47.6 Å². The minimum absolute atomic E-state index is 0.00949. The molecule has 38 heavy (non-hydrogen) atoms. The molecule has 0 unspecified atom stereocenters. The Balaban J connectivity index is 1.49. The summed E-state index contributed by atoms with van der Waals surface area (Å²) in [5, 5.41) is 3.62. The summed E-state index contributed by atoms with van der Waals surface area (Å²) >= 11 is 0. The lowest BCUT2D eigenvalue weighted by Crippen LogP contribution is -2.39. The number of allylic oxidation sites excluding steroid dienone is 1. The molecule has 1 N–H and O–H groups in total. The number of hydrogen-bond acceptors (Lipinski definition) is 4. The molecule has 1 saturated carbocycles. The van der Waals surface area contributed by atoms with E-state index in [1.165, 1.54) is 11.1 Å². The number of carbonyl (C=O) groups excluding carboxylic acids is 2. The van der Waals surface area contributed by atoms with Crippen LogP contribution in [0.2, 0.25) is 0 Å². The highest BCUT2D eigenvalue weighted by Gasteiger charge is 2.45. The summed E-state index contributed by atoms with van der Waals surface area (Å²) in [7, 11) is 0. The second-order valence-electron chi connectivity index (χ2n) is 11.1. The van der Waals surface area contributed by atoms with E-state index in [0.29, 0.717) is 12.0 Å². The lowest BCUT2D eigenvalue weighted by molar-refractivity contribution is -0.120. The summed E-state index contributed by atoms with van der Waals surface area (Å²) in [5.74, 6) is 1.07. The topological polar surface area (TPSA) is 58.6 Å². The van der Waals surface area contributed by atoms with Crippen molar-refractivity contribution in [2.75, 3.05) is 10.2 Å². The first-order valence-corrected chi connectivity index (χ1v) is 13.7. The zero-order valence-electron chi connectivity index (χ0n) is 22.2. The number of anilines is 2. The Kier molecular flexibility index (Phi) is 6.30. The standard InChI is InChI=1S/C33H34N2O3/c1-20(2)38-26-16-14-23(15-17-26)32-31-28(18-25(19-30(31)36)22-10-8-21(3)9-11-22)34-27-6-4-5-7-29(27)35(32)33(37)24-12-13-24/h4-11,14-17,20,24-25,32,34H,12-13,18-19H2,1-3H3/t25-,32+/m0/s1. The van der Waals surface area contributed by atoms with Gasteiger partial charge in [-0.25, -0.2) is 0 Å². The molecule has 194 valence electrons. The Labute approximate surface area is 224 Å². The van der Waals surface area contributed by atoms with Crippen LogP contribution in [0, 0.1) is 12.8 Å². The number of benzene rings is 3. The molecular weight excluding hydrogens is 472 g/mol. The normalized spacial score (nSPS) is 20.9. The van der Waals surface area contributed by atoms with E-state index < -0.39 is 6.04 Å². The highest BCUT2D eigenvalue weighted by molar-refractivity contribution is 6.07. The van der Waals surface area contributed by atoms with Gasteiger partial charge in [0.2, 0.25) is 5.91 Å². The summed E-state index contributed by atoms with van der Waals surface area (Å²) < 4.78 is 5.89. The van der Waals surface area contributed by atoms with Crippen LogP contribution in [-0.4, -0.2) is 17.8 Å². The SMILES string of the molecule is Cc1ccc([C@@H]2CC(=O)C3=C(C2)Nc2ccccc2N(C(=O)C2CC2)[C@@H]3c2ccc(OC(C)C)cc2)cc1. The van der Waals surface area contributed by atoms with Crippen molar-refractivity contribution in [3.05, 3.63) is 101 Å². The van der Waals surface area contributed by atoms with Gasteiger partial charge in [0.1, 0.15) is 5.75 Å². The van der Waals surface area contributed by atoms with E-state index in [1.54, 1.807) is 0 Å². The molecular formula is C33H34N2O3. The zero-order valence-corrected chi connectivity index (χ0v) is 22.2. The molecule has 0 aromatic heterocycles. The minimum atomic E-state index is -0.492. The average molecular weight is 507 g/mol. The van der Waals surface area contributed by atoms with Crippen molar-refractivity contribution in [3.63, 3.8) is 0 Å². The van der Waals surface area contributed by atoms with Crippen LogP contribution in [0.5, 0.6) is 5.75 Å². The number of amides is 1. The number of ether oxygens (including phenoxy) is 1. The van der Waals surface area contributed by atoms with Crippen LogP contribution in [0.1, 0.15) is 68.2 Å². The number of aryl methyl sites for hydroxylation is 1. The Bertz CT molecular complexity index is 1400. The summed E-state index contributed by atoms with van der Waals surface area (Å²) in [6.45, 7) is 6.08. The number of ketones is 1. The molecule has 3 aliphatic rings. The highest BCUT2D eigenvalue weighted by atomic mass is 16.5. The van der Waals surface area contributed by atoms with Gasteiger partial charge in [0, 0.05) is 23.6 Å². The van der Waals surface area contributed by atoms with Gasteiger partial charge >= 0.3 is 0 Å². The summed E-state index contributed by atoms with van der Waals surface area (Å²) in [6, 6.07) is 23.9. The third-order valence-electron chi connectivity index (χ3n) is 7.77. The van der Waals surface area contributed by atoms with Crippen LogP contribution in [-0.2, 0) is 9.59 Å². The maximum absolute atomic E-state index is 14.1. The van der Waals surface area contributed by atoms with Gasteiger partial charge in [0.25, 0.3) is 0 Å². The smallest absolute Gasteiger partial charge is 0.231 e. The van der Waals surface area contributed by atoms with Gasteiger partial charge in [0.15, 0.2) is 5.78 Å². The van der Waals surface area contributed by atoms with E-state index in [4.69, 9.17) is 4.74 Å². The van der Waals surface area contributed by atoms with Crippen molar-refractivity contribution < 1.29 is 14.3 Å². The van der Waals surface area contributed by atoms with E-state index in [-0.39, 0.29) is 29.6 Å². The summed E-state index contributed by atoms with van der Waals surface area (Å²) in [4.78, 5) is 29.9. The lowest BCUT2D eigenvalue weighted by Gasteiger charge is -2.35. The van der Waals surface area contributed by atoms with E-state index in [2.05, 4.69) is 36.5 Å². The molecule has 1 aliphatic heterocycles. The van der Waals surface area contributed by atoms with Crippen molar-refractivity contribution in [2.45, 2.75) is 64.5 Å². The van der Waals surface area contributed by atoms with Crippen molar-refractivity contribution in [1.29, 1.82) is 0 Å². The van der Waals surface area contributed by atoms with E-state index in [9.17, 15) is 9.59 Å². The maximum Gasteiger partial charge on any atom is 0.231 e. The van der Waals surface area contributed by atoms with Gasteiger partial charge < -0.3 is 10.1 Å². The highest BCUT2D eigenvalue weighted by Crippen LogP contribution is 2.49. The zero-order chi connectivity index (χ0) is 26.4. The first kappa shape index (κ1) is 24.5. The largest absolute Gasteiger partial charge is 0.491 e. The number of hydrogen-bond donors (Lipinski definition) is 1. The molecule has 1 amide bonds. The molecule has 1 fully saturated rings. The second-order valence-corrected chi connectivity index (χ2v) is 11.1. The van der Waals surface area contributed by atoms with Gasteiger partial charge in [0.05, 0.1) is 23.5 Å². The fraction of sp³-hybridized carbons (Fsp3) is 0.333. The van der Waals surface area contributed by atoms with Crippen molar-refractivity contribution >= 4 is 23.1 Å². The molecule has 2 atom stereocenters. The summed E-state index contributed by atoms with van der Waals surface area (Å²) in [5.41, 5.74) is 6.61. The molecule has 2 aliphatic carbocycles.